The molecule has 1 saturated heterocycles. The molecule has 1 aliphatic rings. The van der Waals surface area contributed by atoms with Crippen LogP contribution in [0.2, 0.25) is 0 Å². The van der Waals surface area contributed by atoms with Gasteiger partial charge < -0.3 is 15.2 Å². The van der Waals surface area contributed by atoms with E-state index in [4.69, 9.17) is 0 Å². The molecule has 1 atom stereocenters. The number of anilines is 1. The van der Waals surface area contributed by atoms with Crippen molar-refractivity contribution in [2.24, 2.45) is 5.92 Å². The molecule has 1 amide bonds. The second-order valence-corrected chi connectivity index (χ2v) is 8.10. The molecule has 4 nitrogen and oxygen atoms in total. The van der Waals surface area contributed by atoms with Gasteiger partial charge in [-0.25, -0.2) is 0 Å². The van der Waals surface area contributed by atoms with E-state index in [0.29, 0.717) is 6.04 Å². The van der Waals surface area contributed by atoms with Crippen LogP contribution >= 0.6 is 0 Å². The Morgan fingerprint density at radius 3 is 2.70 bits per heavy atom. The number of aryl methyl sites for hydroxylation is 2. The molecule has 27 heavy (non-hydrogen) atoms. The first-order valence-corrected chi connectivity index (χ1v) is 10.0. The molecule has 0 spiro atoms. The molecule has 0 saturated carbocycles. The van der Waals surface area contributed by atoms with Crippen molar-refractivity contribution in [2.75, 3.05) is 18.4 Å². The highest BCUT2D eigenvalue weighted by Gasteiger charge is 2.23. The second-order valence-electron chi connectivity index (χ2n) is 8.10. The number of amides is 1. The van der Waals surface area contributed by atoms with E-state index < -0.39 is 0 Å². The number of aromatic nitrogens is 1. The maximum absolute atomic E-state index is 12.8. The molecule has 3 aromatic rings. The summed E-state index contributed by atoms with van der Waals surface area (Å²) < 4.78 is 2.40. The van der Waals surface area contributed by atoms with Crippen LogP contribution < -0.4 is 10.6 Å². The largest absolute Gasteiger partial charge is 0.338 e. The normalized spacial score (nSPS) is 17.7. The zero-order valence-corrected chi connectivity index (χ0v) is 16.7. The van der Waals surface area contributed by atoms with E-state index >= 15 is 0 Å². The fourth-order valence-electron chi connectivity index (χ4n) is 4.57. The lowest BCUT2D eigenvalue weighted by Crippen LogP contribution is -2.37. The lowest BCUT2D eigenvalue weighted by molar-refractivity contribution is -0.120. The second kappa shape index (κ2) is 7.01. The van der Waals surface area contributed by atoms with Crippen LogP contribution in [0.4, 0.5) is 5.69 Å². The zero-order valence-electron chi connectivity index (χ0n) is 16.7. The van der Waals surface area contributed by atoms with Gasteiger partial charge >= 0.3 is 0 Å². The monoisotopic (exact) mass is 363 g/mol. The van der Waals surface area contributed by atoms with E-state index in [9.17, 15) is 4.79 Å². The summed E-state index contributed by atoms with van der Waals surface area (Å²) in [6.45, 7) is 10.5. The van der Waals surface area contributed by atoms with Crippen molar-refractivity contribution in [1.29, 1.82) is 0 Å². The van der Waals surface area contributed by atoms with Gasteiger partial charge in [0.25, 0.3) is 0 Å². The number of carbonyl (C=O) groups excluding carboxylic acids is 1. The van der Waals surface area contributed by atoms with Crippen LogP contribution in [0.1, 0.15) is 43.9 Å². The lowest BCUT2D eigenvalue weighted by Gasteiger charge is -2.23. The number of fused-ring (bicyclic) bond motifs is 3. The zero-order chi connectivity index (χ0) is 19.1. The van der Waals surface area contributed by atoms with Gasteiger partial charge in [-0.1, -0.05) is 18.2 Å². The van der Waals surface area contributed by atoms with Gasteiger partial charge in [-0.3, -0.25) is 4.79 Å². The highest BCUT2D eigenvalue weighted by molar-refractivity contribution is 6.12. The van der Waals surface area contributed by atoms with Crippen molar-refractivity contribution >= 4 is 33.4 Å². The van der Waals surface area contributed by atoms with Crippen molar-refractivity contribution in [3.63, 3.8) is 0 Å². The number of para-hydroxylation sites is 1. The first kappa shape index (κ1) is 18.1. The average molecular weight is 364 g/mol. The Hall–Kier alpha value is -2.33. The Morgan fingerprint density at radius 2 is 2.00 bits per heavy atom. The molecule has 2 aromatic carbocycles. The third-order valence-electron chi connectivity index (χ3n) is 5.88. The Morgan fingerprint density at radius 1 is 1.22 bits per heavy atom. The first-order valence-electron chi connectivity index (χ1n) is 10.0. The van der Waals surface area contributed by atoms with Gasteiger partial charge in [0.05, 0.1) is 11.4 Å². The predicted molar refractivity (Wildman–Crippen MR) is 114 cm³/mol. The third-order valence-corrected chi connectivity index (χ3v) is 5.88. The third kappa shape index (κ3) is 3.02. The van der Waals surface area contributed by atoms with Gasteiger partial charge in [0.1, 0.15) is 0 Å². The number of benzene rings is 2. The van der Waals surface area contributed by atoms with Crippen LogP contribution in [0.25, 0.3) is 21.8 Å². The molecule has 1 aliphatic heterocycles. The molecule has 0 aliphatic carbocycles. The minimum absolute atomic E-state index is 0.0604. The maximum atomic E-state index is 12.8. The smallest absolute Gasteiger partial charge is 0.228 e. The standard InChI is InChI=1S/C23H29N3O/c1-14(2)26-19-10-6-5-9-18(19)21-16(4)22(15(3)12-20(21)26)25-23(27)17-8-7-11-24-13-17/h5-6,9-10,12,14,17,24H,7-8,11,13H2,1-4H3,(H,25,27). The molecule has 0 radical (unpaired) electrons. The van der Waals surface area contributed by atoms with Crippen LogP contribution in [0.3, 0.4) is 0 Å². The van der Waals surface area contributed by atoms with Gasteiger partial charge in [0.2, 0.25) is 5.91 Å². The number of hydrogen-bond acceptors (Lipinski definition) is 2. The highest BCUT2D eigenvalue weighted by atomic mass is 16.1. The fourth-order valence-corrected chi connectivity index (χ4v) is 4.57. The topological polar surface area (TPSA) is 46.1 Å². The number of hydrogen-bond donors (Lipinski definition) is 2. The molecular formula is C23H29N3O. The van der Waals surface area contributed by atoms with Gasteiger partial charge in [0, 0.05) is 34.6 Å². The van der Waals surface area contributed by atoms with E-state index in [1.807, 2.05) is 0 Å². The summed E-state index contributed by atoms with van der Waals surface area (Å²) in [5, 5.41) is 9.10. The van der Waals surface area contributed by atoms with E-state index in [1.54, 1.807) is 0 Å². The lowest BCUT2D eigenvalue weighted by atomic mass is 9.97. The number of nitrogens with zero attached hydrogens (tertiary/aromatic N) is 1. The molecular weight excluding hydrogens is 334 g/mol. The molecule has 2 heterocycles. The van der Waals surface area contributed by atoms with E-state index in [-0.39, 0.29) is 11.8 Å². The number of rotatable bonds is 3. The van der Waals surface area contributed by atoms with Crippen LogP contribution in [0.15, 0.2) is 30.3 Å². The van der Waals surface area contributed by atoms with Crippen molar-refractivity contribution < 1.29 is 4.79 Å². The van der Waals surface area contributed by atoms with Crippen molar-refractivity contribution in [2.45, 2.75) is 46.6 Å². The SMILES string of the molecule is Cc1cc2c(c(C)c1NC(=O)C1CCCNC1)c1ccccc1n2C(C)C. The highest BCUT2D eigenvalue weighted by Crippen LogP contribution is 2.38. The van der Waals surface area contributed by atoms with Crippen LogP contribution in [0.5, 0.6) is 0 Å². The molecule has 2 N–H and O–H groups in total. The van der Waals surface area contributed by atoms with Crippen molar-refractivity contribution in [3.05, 3.63) is 41.5 Å². The molecule has 0 bridgehead atoms. The Kier molecular flexibility index (Phi) is 4.68. The average Bonchev–Trinajstić information content (AvgIpc) is 2.99. The molecule has 1 unspecified atom stereocenters. The summed E-state index contributed by atoms with van der Waals surface area (Å²) in [6, 6.07) is 11.2. The summed E-state index contributed by atoms with van der Waals surface area (Å²) in [6.07, 6.45) is 2.03. The summed E-state index contributed by atoms with van der Waals surface area (Å²) in [7, 11) is 0. The molecule has 4 heteroatoms. The van der Waals surface area contributed by atoms with Crippen LogP contribution in [-0.2, 0) is 4.79 Å². The van der Waals surface area contributed by atoms with Crippen molar-refractivity contribution in [1.82, 2.24) is 9.88 Å². The quantitative estimate of drug-likeness (QED) is 0.693. The minimum Gasteiger partial charge on any atom is -0.338 e. The number of piperidine rings is 1. The van der Waals surface area contributed by atoms with Gasteiger partial charge in [-0.15, -0.1) is 0 Å². The molecule has 1 aromatic heterocycles. The Balaban J connectivity index is 1.85. The Labute approximate surface area is 160 Å². The summed E-state index contributed by atoms with van der Waals surface area (Å²) in [5.41, 5.74) is 5.77. The van der Waals surface area contributed by atoms with E-state index in [1.165, 1.54) is 21.8 Å². The number of carbonyl (C=O) groups is 1. The van der Waals surface area contributed by atoms with E-state index in [2.05, 4.69) is 73.2 Å². The Bertz CT molecular complexity index is 1010. The summed E-state index contributed by atoms with van der Waals surface area (Å²) in [4.78, 5) is 12.8. The van der Waals surface area contributed by atoms with Gasteiger partial charge in [-0.05, 0) is 70.3 Å². The number of nitrogens with one attached hydrogen (secondary N) is 2. The van der Waals surface area contributed by atoms with Gasteiger partial charge in [-0.2, -0.15) is 0 Å². The van der Waals surface area contributed by atoms with Crippen molar-refractivity contribution in [3.8, 4) is 0 Å². The first-order chi connectivity index (χ1) is 13.0. The molecule has 142 valence electrons. The minimum atomic E-state index is 0.0604. The fraction of sp³-hybridized carbons (Fsp3) is 0.435. The van der Waals surface area contributed by atoms with E-state index in [0.717, 1.165) is 42.7 Å². The molecule has 4 rings (SSSR count). The van der Waals surface area contributed by atoms with Crippen LogP contribution in [-0.4, -0.2) is 23.6 Å². The predicted octanol–water partition coefficient (Wildman–Crippen LogP) is 4.93. The molecule has 1 fully saturated rings. The summed E-state index contributed by atoms with van der Waals surface area (Å²) in [5.74, 6) is 0.200. The maximum Gasteiger partial charge on any atom is 0.228 e. The van der Waals surface area contributed by atoms with Gasteiger partial charge in [0.15, 0.2) is 0 Å². The van der Waals surface area contributed by atoms with Crippen LogP contribution in [0, 0.1) is 19.8 Å². The summed E-state index contributed by atoms with van der Waals surface area (Å²) >= 11 is 0.